The van der Waals surface area contributed by atoms with E-state index in [-0.39, 0.29) is 29.6 Å². The second-order valence-electron chi connectivity index (χ2n) is 6.54. The number of nitrogens with zero attached hydrogens (tertiary/aromatic N) is 3. The molecule has 0 unspecified atom stereocenters. The Bertz CT molecular complexity index is 670. The average Bonchev–Trinajstić information content (AvgIpc) is 3.06. The van der Waals surface area contributed by atoms with E-state index >= 15 is 0 Å². The zero-order valence-corrected chi connectivity index (χ0v) is 18.4. The van der Waals surface area contributed by atoms with E-state index in [0.717, 1.165) is 24.6 Å². The monoisotopic (exact) mass is 471 g/mol. The van der Waals surface area contributed by atoms with Gasteiger partial charge in [0, 0.05) is 32.0 Å². The van der Waals surface area contributed by atoms with Crippen LogP contribution in [-0.4, -0.2) is 41.5 Å². The van der Waals surface area contributed by atoms with E-state index in [4.69, 9.17) is 4.74 Å². The predicted molar refractivity (Wildman–Crippen MR) is 117 cm³/mol. The Balaban J connectivity index is 0.00000338. The first-order valence-corrected chi connectivity index (χ1v) is 8.65. The van der Waals surface area contributed by atoms with Gasteiger partial charge in [0.05, 0.1) is 24.9 Å². The third kappa shape index (κ3) is 7.74. The zero-order valence-electron chi connectivity index (χ0n) is 16.0. The molecule has 26 heavy (non-hydrogen) atoms. The maximum atomic E-state index is 5.43. The number of methoxy groups -OCH3 is 1. The molecular formula is C19H30IN5O. The number of hydrogen-bond donors (Lipinski definition) is 2. The molecule has 0 spiro atoms. The lowest BCUT2D eigenvalue weighted by Gasteiger charge is -2.24. The molecule has 0 atom stereocenters. The Morgan fingerprint density at radius 1 is 1.19 bits per heavy atom. The number of nitrogens with one attached hydrogen (secondary N) is 2. The lowest BCUT2D eigenvalue weighted by molar-refractivity contribution is 0.0268. The lowest BCUT2D eigenvalue weighted by Crippen LogP contribution is -2.45. The molecular weight excluding hydrogens is 441 g/mol. The van der Waals surface area contributed by atoms with Crippen molar-refractivity contribution in [3.8, 4) is 0 Å². The molecule has 1 aromatic heterocycles. The number of aromatic nitrogens is 2. The van der Waals surface area contributed by atoms with Gasteiger partial charge in [-0.1, -0.05) is 30.3 Å². The van der Waals surface area contributed by atoms with Gasteiger partial charge in [-0.25, -0.2) is 4.99 Å². The SMILES string of the molecule is CCNC(=NCc1cnn(Cc2ccccc2)c1)NCC(C)(C)OC.I. The van der Waals surface area contributed by atoms with E-state index in [9.17, 15) is 0 Å². The number of ether oxygens (including phenoxy) is 1. The largest absolute Gasteiger partial charge is 0.377 e. The normalized spacial score (nSPS) is 11.8. The highest BCUT2D eigenvalue weighted by Gasteiger charge is 2.16. The summed E-state index contributed by atoms with van der Waals surface area (Å²) in [6.45, 7) is 8.97. The minimum Gasteiger partial charge on any atom is -0.377 e. The number of benzene rings is 1. The van der Waals surface area contributed by atoms with Crippen molar-refractivity contribution in [2.24, 2.45) is 4.99 Å². The molecule has 1 aromatic carbocycles. The van der Waals surface area contributed by atoms with Crippen LogP contribution in [0.5, 0.6) is 0 Å². The van der Waals surface area contributed by atoms with Crippen molar-refractivity contribution in [2.45, 2.75) is 39.5 Å². The van der Waals surface area contributed by atoms with Gasteiger partial charge in [-0.05, 0) is 26.3 Å². The average molecular weight is 471 g/mol. The number of guanidine groups is 1. The summed E-state index contributed by atoms with van der Waals surface area (Å²) >= 11 is 0. The Labute approximate surface area is 173 Å². The molecule has 1 heterocycles. The Kier molecular flexibility index (Phi) is 9.64. The fourth-order valence-corrected chi connectivity index (χ4v) is 2.23. The molecule has 0 aliphatic heterocycles. The van der Waals surface area contributed by atoms with Crippen molar-refractivity contribution >= 4 is 29.9 Å². The molecule has 6 nitrogen and oxygen atoms in total. The zero-order chi connectivity index (χ0) is 18.1. The molecule has 0 saturated carbocycles. The quantitative estimate of drug-likeness (QED) is 0.353. The van der Waals surface area contributed by atoms with Crippen molar-refractivity contribution in [1.82, 2.24) is 20.4 Å². The third-order valence-corrected chi connectivity index (χ3v) is 3.87. The molecule has 0 radical (unpaired) electrons. The second-order valence-corrected chi connectivity index (χ2v) is 6.54. The Morgan fingerprint density at radius 3 is 2.58 bits per heavy atom. The topological polar surface area (TPSA) is 63.5 Å². The number of aliphatic imine (C=N–C) groups is 1. The van der Waals surface area contributed by atoms with Gasteiger partial charge in [0.15, 0.2) is 5.96 Å². The molecule has 2 N–H and O–H groups in total. The van der Waals surface area contributed by atoms with Crippen molar-refractivity contribution < 1.29 is 4.74 Å². The summed E-state index contributed by atoms with van der Waals surface area (Å²) in [6, 6.07) is 10.3. The molecule has 7 heteroatoms. The molecule has 0 saturated heterocycles. The van der Waals surface area contributed by atoms with E-state index in [2.05, 4.69) is 39.8 Å². The second kappa shape index (κ2) is 11.2. The van der Waals surface area contributed by atoms with E-state index in [1.54, 1.807) is 7.11 Å². The summed E-state index contributed by atoms with van der Waals surface area (Å²) < 4.78 is 7.37. The molecule has 0 bridgehead atoms. The van der Waals surface area contributed by atoms with Gasteiger partial charge in [-0.2, -0.15) is 5.10 Å². The molecule has 2 aromatic rings. The van der Waals surface area contributed by atoms with Crippen molar-refractivity contribution in [2.75, 3.05) is 20.2 Å². The van der Waals surface area contributed by atoms with Gasteiger partial charge in [-0.3, -0.25) is 4.68 Å². The van der Waals surface area contributed by atoms with Gasteiger partial charge in [0.25, 0.3) is 0 Å². The van der Waals surface area contributed by atoms with E-state index < -0.39 is 0 Å². The van der Waals surface area contributed by atoms with Gasteiger partial charge < -0.3 is 15.4 Å². The summed E-state index contributed by atoms with van der Waals surface area (Å²) in [4.78, 5) is 4.63. The summed E-state index contributed by atoms with van der Waals surface area (Å²) in [6.07, 6.45) is 3.91. The van der Waals surface area contributed by atoms with Crippen LogP contribution in [-0.2, 0) is 17.8 Å². The summed E-state index contributed by atoms with van der Waals surface area (Å²) in [5, 5.41) is 11.0. The Hall–Kier alpha value is -1.61. The molecule has 0 amide bonds. The lowest BCUT2D eigenvalue weighted by atomic mass is 10.1. The van der Waals surface area contributed by atoms with Gasteiger partial charge in [0.2, 0.25) is 0 Å². The summed E-state index contributed by atoms with van der Waals surface area (Å²) in [5.41, 5.74) is 2.08. The van der Waals surface area contributed by atoms with Crippen LogP contribution >= 0.6 is 24.0 Å². The van der Waals surface area contributed by atoms with Gasteiger partial charge in [0.1, 0.15) is 0 Å². The van der Waals surface area contributed by atoms with E-state index in [1.165, 1.54) is 5.56 Å². The van der Waals surface area contributed by atoms with Crippen LogP contribution < -0.4 is 10.6 Å². The van der Waals surface area contributed by atoms with Crippen LogP contribution in [0, 0.1) is 0 Å². The van der Waals surface area contributed by atoms with Gasteiger partial charge >= 0.3 is 0 Å². The molecule has 0 fully saturated rings. The third-order valence-electron chi connectivity index (χ3n) is 3.87. The molecule has 2 rings (SSSR count). The highest BCUT2D eigenvalue weighted by molar-refractivity contribution is 14.0. The number of rotatable bonds is 8. The van der Waals surface area contributed by atoms with E-state index in [1.807, 2.05) is 49.1 Å². The maximum absolute atomic E-state index is 5.43. The fraction of sp³-hybridized carbons (Fsp3) is 0.474. The fourth-order valence-electron chi connectivity index (χ4n) is 2.23. The highest BCUT2D eigenvalue weighted by atomic mass is 127. The van der Waals surface area contributed by atoms with Gasteiger partial charge in [-0.15, -0.1) is 24.0 Å². The highest BCUT2D eigenvalue weighted by Crippen LogP contribution is 2.06. The first-order valence-electron chi connectivity index (χ1n) is 8.65. The van der Waals surface area contributed by atoms with Crippen molar-refractivity contribution in [3.63, 3.8) is 0 Å². The summed E-state index contributed by atoms with van der Waals surface area (Å²) in [5.74, 6) is 0.781. The standard InChI is InChI=1S/C19H29N5O.HI/c1-5-20-18(22-15-19(2,3)25-4)21-11-17-12-23-24(14-17)13-16-9-7-6-8-10-16;/h6-10,12,14H,5,11,13,15H2,1-4H3,(H2,20,21,22);1H. The first-order chi connectivity index (χ1) is 12.0. The van der Waals surface area contributed by atoms with Crippen molar-refractivity contribution in [3.05, 3.63) is 53.9 Å². The van der Waals surface area contributed by atoms with Crippen LogP contribution in [0.3, 0.4) is 0 Å². The van der Waals surface area contributed by atoms with Crippen LogP contribution in [0.2, 0.25) is 0 Å². The van der Waals surface area contributed by atoms with Crippen LogP contribution in [0.15, 0.2) is 47.7 Å². The maximum Gasteiger partial charge on any atom is 0.191 e. The smallest absolute Gasteiger partial charge is 0.191 e. The van der Waals surface area contributed by atoms with E-state index in [0.29, 0.717) is 13.1 Å². The summed E-state index contributed by atoms with van der Waals surface area (Å²) in [7, 11) is 1.72. The molecule has 144 valence electrons. The van der Waals surface area contributed by atoms with Crippen LogP contribution in [0.4, 0.5) is 0 Å². The number of hydrogen-bond acceptors (Lipinski definition) is 3. The minimum atomic E-state index is -0.239. The minimum absolute atomic E-state index is 0. The van der Waals surface area contributed by atoms with Crippen LogP contribution in [0.1, 0.15) is 31.9 Å². The molecule has 0 aliphatic carbocycles. The number of halogens is 1. The first kappa shape index (κ1) is 22.4. The predicted octanol–water partition coefficient (Wildman–Crippen LogP) is 3.03. The van der Waals surface area contributed by atoms with Crippen LogP contribution in [0.25, 0.3) is 0 Å². The Morgan fingerprint density at radius 2 is 1.92 bits per heavy atom. The molecule has 0 aliphatic rings. The van der Waals surface area contributed by atoms with Crippen molar-refractivity contribution in [1.29, 1.82) is 0 Å².